The highest BCUT2D eigenvalue weighted by Gasteiger charge is 2.41. The van der Waals surface area contributed by atoms with E-state index < -0.39 is 0 Å². The summed E-state index contributed by atoms with van der Waals surface area (Å²) >= 11 is 0. The van der Waals surface area contributed by atoms with Crippen LogP contribution in [0.1, 0.15) is 80.4 Å². The van der Waals surface area contributed by atoms with Crippen LogP contribution in [0.15, 0.2) is 41.8 Å². The van der Waals surface area contributed by atoms with Crippen LogP contribution in [0, 0.1) is 5.41 Å². The Bertz CT molecular complexity index is 944. The molecule has 1 aliphatic heterocycles. The minimum absolute atomic E-state index is 0.206. The van der Waals surface area contributed by atoms with E-state index in [1.165, 1.54) is 56.4 Å². The smallest absolute Gasteiger partial charge is 0.294 e. The Labute approximate surface area is 186 Å². The first kappa shape index (κ1) is 21.9. The van der Waals surface area contributed by atoms with Gasteiger partial charge in [-0.3, -0.25) is 4.79 Å². The van der Waals surface area contributed by atoms with Crippen LogP contribution in [0.25, 0.3) is 0 Å². The Morgan fingerprint density at radius 2 is 1.97 bits per heavy atom. The molecular formula is C26H36N4O. The molecule has 5 heteroatoms. The summed E-state index contributed by atoms with van der Waals surface area (Å²) in [6.07, 6.45) is 11.0. The van der Waals surface area contributed by atoms with Crippen molar-refractivity contribution in [3.63, 3.8) is 0 Å². The SMILES string of the molecule is Cn1cncc1C(=O)N=CC1CCC2(CCN(CCC(C)(C)C)CC2)c2ccccc21. The number of hydrogen-bond donors (Lipinski definition) is 0. The van der Waals surface area contributed by atoms with Crippen molar-refractivity contribution in [3.8, 4) is 0 Å². The zero-order valence-electron chi connectivity index (χ0n) is 19.5. The number of amides is 1. The summed E-state index contributed by atoms with van der Waals surface area (Å²) in [5.41, 5.74) is 4.05. The zero-order chi connectivity index (χ0) is 22.1. The second-order valence-corrected chi connectivity index (χ2v) is 10.6. The molecule has 4 rings (SSSR count). The Balaban J connectivity index is 1.47. The molecule has 2 aromatic rings. The van der Waals surface area contributed by atoms with Crippen LogP contribution < -0.4 is 0 Å². The molecule has 1 aliphatic carbocycles. The van der Waals surface area contributed by atoms with Crippen LogP contribution in [0.3, 0.4) is 0 Å². The monoisotopic (exact) mass is 420 g/mol. The van der Waals surface area contributed by atoms with Crippen molar-refractivity contribution in [2.75, 3.05) is 19.6 Å². The number of rotatable bonds is 4. The van der Waals surface area contributed by atoms with Gasteiger partial charge < -0.3 is 9.47 Å². The standard InChI is InChI=1S/C26H36N4O/c1-25(2,3)11-14-30-15-12-26(13-16-30)10-9-20(21-7-5-6-8-22(21)26)17-28-24(31)23-18-27-19-29(23)4/h5-8,17-20H,9-16H2,1-4H3. The third-order valence-electron chi connectivity index (χ3n) is 7.26. The Morgan fingerprint density at radius 1 is 1.23 bits per heavy atom. The number of carbonyl (C=O) groups excluding carboxylic acids is 1. The number of aryl methyl sites for hydroxylation is 1. The number of carbonyl (C=O) groups is 1. The first-order chi connectivity index (χ1) is 14.8. The topological polar surface area (TPSA) is 50.5 Å². The van der Waals surface area contributed by atoms with Gasteiger partial charge in [0.25, 0.3) is 5.91 Å². The van der Waals surface area contributed by atoms with Crippen LogP contribution in [0.2, 0.25) is 0 Å². The highest BCUT2D eigenvalue weighted by atomic mass is 16.1. The van der Waals surface area contributed by atoms with Gasteiger partial charge in [0, 0.05) is 19.2 Å². The third-order valence-corrected chi connectivity index (χ3v) is 7.26. The molecule has 1 aromatic carbocycles. The van der Waals surface area contributed by atoms with Crippen molar-refractivity contribution in [2.45, 2.75) is 64.2 Å². The Hall–Kier alpha value is -2.27. The molecule has 1 unspecified atom stereocenters. The summed E-state index contributed by atoms with van der Waals surface area (Å²) in [6.45, 7) is 10.6. The van der Waals surface area contributed by atoms with E-state index in [0.717, 1.165) is 6.42 Å². The van der Waals surface area contributed by atoms with E-state index in [-0.39, 0.29) is 17.2 Å². The molecule has 1 atom stereocenters. The van der Waals surface area contributed by atoms with Gasteiger partial charge in [0.15, 0.2) is 0 Å². The highest BCUT2D eigenvalue weighted by molar-refractivity contribution is 5.98. The second kappa shape index (κ2) is 8.70. The van der Waals surface area contributed by atoms with Gasteiger partial charge in [-0.1, -0.05) is 45.0 Å². The number of nitrogens with zero attached hydrogens (tertiary/aromatic N) is 4. The van der Waals surface area contributed by atoms with Crippen molar-refractivity contribution in [2.24, 2.45) is 17.5 Å². The van der Waals surface area contributed by atoms with Gasteiger partial charge in [-0.05, 0) is 73.7 Å². The molecule has 1 saturated heterocycles. The maximum absolute atomic E-state index is 12.5. The predicted molar refractivity (Wildman–Crippen MR) is 126 cm³/mol. The minimum Gasteiger partial charge on any atom is -0.330 e. The quantitative estimate of drug-likeness (QED) is 0.656. The van der Waals surface area contributed by atoms with Gasteiger partial charge in [-0.25, -0.2) is 9.98 Å². The average Bonchev–Trinajstić information content (AvgIpc) is 3.18. The second-order valence-electron chi connectivity index (χ2n) is 10.6. The van der Waals surface area contributed by atoms with Crippen LogP contribution >= 0.6 is 0 Å². The lowest BCUT2D eigenvalue weighted by molar-refractivity contribution is 0.0995. The zero-order valence-corrected chi connectivity index (χ0v) is 19.5. The Morgan fingerprint density at radius 3 is 2.65 bits per heavy atom. The number of imidazole rings is 1. The molecule has 0 bridgehead atoms. The summed E-state index contributed by atoms with van der Waals surface area (Å²) < 4.78 is 1.72. The fourth-order valence-corrected chi connectivity index (χ4v) is 5.18. The molecule has 166 valence electrons. The van der Waals surface area contributed by atoms with Crippen molar-refractivity contribution in [3.05, 3.63) is 53.6 Å². The molecule has 5 nitrogen and oxygen atoms in total. The van der Waals surface area contributed by atoms with E-state index in [1.807, 2.05) is 13.3 Å². The fraction of sp³-hybridized carbons (Fsp3) is 0.577. The molecular weight excluding hydrogens is 384 g/mol. The summed E-state index contributed by atoms with van der Waals surface area (Å²) in [4.78, 5) is 23.5. The molecule has 0 saturated carbocycles. The molecule has 0 radical (unpaired) electrons. The van der Waals surface area contributed by atoms with Crippen LogP contribution in [-0.2, 0) is 12.5 Å². The number of benzene rings is 1. The lowest BCUT2D eigenvalue weighted by Crippen LogP contribution is -2.45. The molecule has 1 spiro atoms. The molecule has 31 heavy (non-hydrogen) atoms. The van der Waals surface area contributed by atoms with Crippen LogP contribution in [0.4, 0.5) is 0 Å². The van der Waals surface area contributed by atoms with Crippen molar-refractivity contribution in [1.82, 2.24) is 14.5 Å². The maximum atomic E-state index is 12.5. The van der Waals surface area contributed by atoms with Crippen molar-refractivity contribution < 1.29 is 4.79 Å². The summed E-state index contributed by atoms with van der Waals surface area (Å²) in [5.74, 6) is -0.0113. The predicted octanol–water partition coefficient (Wildman–Crippen LogP) is 4.98. The molecule has 2 aliphatic rings. The molecule has 0 N–H and O–H groups in total. The van der Waals surface area contributed by atoms with Crippen LogP contribution in [-0.4, -0.2) is 46.2 Å². The minimum atomic E-state index is -0.218. The molecule has 1 aromatic heterocycles. The average molecular weight is 421 g/mol. The van der Waals surface area contributed by atoms with E-state index in [9.17, 15) is 4.79 Å². The van der Waals surface area contributed by atoms with Gasteiger partial charge in [0.2, 0.25) is 0 Å². The van der Waals surface area contributed by atoms with Gasteiger partial charge in [0.05, 0.1) is 12.5 Å². The summed E-state index contributed by atoms with van der Waals surface area (Å²) in [7, 11) is 1.82. The first-order valence-corrected chi connectivity index (χ1v) is 11.6. The number of likely N-dealkylation sites (tertiary alicyclic amines) is 1. The lowest BCUT2D eigenvalue weighted by atomic mass is 9.62. The fourth-order valence-electron chi connectivity index (χ4n) is 5.18. The third kappa shape index (κ3) is 4.82. The lowest BCUT2D eigenvalue weighted by Gasteiger charge is -2.47. The number of aliphatic imine (C=N–C) groups is 1. The van der Waals surface area contributed by atoms with E-state index in [2.05, 4.69) is 59.9 Å². The van der Waals surface area contributed by atoms with Crippen LogP contribution in [0.5, 0.6) is 0 Å². The van der Waals surface area contributed by atoms with E-state index in [0.29, 0.717) is 11.1 Å². The molecule has 2 heterocycles. The number of fused-ring (bicyclic) bond motifs is 2. The summed E-state index contributed by atoms with van der Waals surface area (Å²) in [5, 5.41) is 0. The first-order valence-electron chi connectivity index (χ1n) is 11.6. The van der Waals surface area contributed by atoms with Crippen molar-refractivity contribution in [1.29, 1.82) is 0 Å². The number of piperidine rings is 1. The number of hydrogen-bond acceptors (Lipinski definition) is 3. The van der Waals surface area contributed by atoms with Gasteiger partial charge in [0.1, 0.15) is 5.69 Å². The summed E-state index contributed by atoms with van der Waals surface area (Å²) in [6, 6.07) is 8.86. The van der Waals surface area contributed by atoms with E-state index in [1.54, 1.807) is 17.1 Å². The maximum Gasteiger partial charge on any atom is 0.294 e. The van der Waals surface area contributed by atoms with Crippen molar-refractivity contribution >= 4 is 12.1 Å². The molecule has 1 fully saturated rings. The molecule has 1 amide bonds. The van der Waals surface area contributed by atoms with Gasteiger partial charge >= 0.3 is 0 Å². The largest absolute Gasteiger partial charge is 0.330 e. The Kier molecular flexibility index (Phi) is 6.16. The van der Waals surface area contributed by atoms with Gasteiger partial charge in [-0.15, -0.1) is 0 Å². The highest BCUT2D eigenvalue weighted by Crippen LogP contribution is 2.48. The van der Waals surface area contributed by atoms with E-state index >= 15 is 0 Å². The normalized spacial score (nSPS) is 21.5. The van der Waals surface area contributed by atoms with E-state index in [4.69, 9.17) is 0 Å². The number of aromatic nitrogens is 2. The van der Waals surface area contributed by atoms with Gasteiger partial charge in [-0.2, -0.15) is 0 Å².